The summed E-state index contributed by atoms with van der Waals surface area (Å²) in [6.45, 7) is 5.44. The third kappa shape index (κ3) is 3.20. The van der Waals surface area contributed by atoms with Gasteiger partial charge in [-0.2, -0.15) is 8.42 Å². The van der Waals surface area contributed by atoms with Gasteiger partial charge in [0.25, 0.3) is 5.56 Å². The molecule has 0 amide bonds. The fourth-order valence-corrected chi connectivity index (χ4v) is 3.83. The van der Waals surface area contributed by atoms with E-state index < -0.39 is 21.4 Å². The van der Waals surface area contributed by atoms with Gasteiger partial charge >= 0.3 is 15.8 Å². The predicted molar refractivity (Wildman–Crippen MR) is 93.7 cm³/mol. The number of aromatic amines is 2. The number of H-pyrrole nitrogens is 2. The minimum absolute atomic E-state index is 0.0571. The normalized spacial score (nSPS) is 11.6. The number of aromatic nitrogens is 2. The summed E-state index contributed by atoms with van der Waals surface area (Å²) in [6.07, 6.45) is 0. The van der Waals surface area contributed by atoms with Crippen LogP contribution in [0.25, 0.3) is 10.9 Å². The van der Waals surface area contributed by atoms with Crippen molar-refractivity contribution >= 4 is 21.0 Å². The molecule has 0 fully saturated rings. The zero-order valence-corrected chi connectivity index (χ0v) is 14.7. The first-order chi connectivity index (χ1) is 11.7. The van der Waals surface area contributed by atoms with Crippen molar-refractivity contribution < 1.29 is 12.6 Å². The number of nitrogens with one attached hydrogen (secondary N) is 2. The van der Waals surface area contributed by atoms with Crippen LogP contribution in [0, 0.1) is 20.8 Å². The van der Waals surface area contributed by atoms with Gasteiger partial charge in [-0.1, -0.05) is 17.7 Å². The molecule has 1 aromatic heterocycles. The molecule has 0 radical (unpaired) electrons. The summed E-state index contributed by atoms with van der Waals surface area (Å²) in [5.74, 6) is 0.265. The summed E-state index contributed by atoms with van der Waals surface area (Å²) in [6, 6.07) is 7.47. The third-order valence-electron chi connectivity index (χ3n) is 3.80. The van der Waals surface area contributed by atoms with E-state index in [-0.39, 0.29) is 21.5 Å². The van der Waals surface area contributed by atoms with Crippen LogP contribution in [0.1, 0.15) is 16.7 Å². The molecule has 3 rings (SSSR count). The van der Waals surface area contributed by atoms with E-state index in [9.17, 15) is 18.0 Å². The van der Waals surface area contributed by atoms with E-state index in [1.807, 2.05) is 19.1 Å². The second-order valence-electron chi connectivity index (χ2n) is 5.88. The molecule has 2 N–H and O–H groups in total. The lowest BCUT2D eigenvalue weighted by atomic mass is 10.1. The Morgan fingerprint density at radius 3 is 2.20 bits per heavy atom. The predicted octanol–water partition coefficient (Wildman–Crippen LogP) is 1.91. The molecule has 25 heavy (non-hydrogen) atoms. The molecule has 3 aromatic rings. The van der Waals surface area contributed by atoms with Gasteiger partial charge in [-0.15, -0.1) is 0 Å². The maximum Gasteiger partial charge on any atom is 0.339 e. The molecule has 7 nitrogen and oxygen atoms in total. The Kier molecular flexibility index (Phi) is 4.00. The number of rotatable bonds is 3. The van der Waals surface area contributed by atoms with Gasteiger partial charge in [0, 0.05) is 0 Å². The van der Waals surface area contributed by atoms with Crippen LogP contribution in [0.4, 0.5) is 0 Å². The molecular formula is C17H16N2O5S. The molecule has 8 heteroatoms. The van der Waals surface area contributed by atoms with Crippen molar-refractivity contribution in [3.05, 3.63) is 67.9 Å². The Balaban J connectivity index is 2.11. The van der Waals surface area contributed by atoms with Crippen LogP contribution in [-0.2, 0) is 10.1 Å². The quantitative estimate of drug-likeness (QED) is 0.694. The molecule has 130 valence electrons. The van der Waals surface area contributed by atoms with Gasteiger partial charge in [-0.3, -0.25) is 9.78 Å². The lowest BCUT2D eigenvalue weighted by Gasteiger charge is -2.13. The van der Waals surface area contributed by atoms with Crippen LogP contribution in [0.5, 0.6) is 5.75 Å². The lowest BCUT2D eigenvalue weighted by molar-refractivity contribution is 0.482. The number of benzene rings is 2. The smallest absolute Gasteiger partial charge is 0.339 e. The van der Waals surface area contributed by atoms with Crippen molar-refractivity contribution in [3.8, 4) is 5.75 Å². The highest BCUT2D eigenvalue weighted by atomic mass is 32.2. The zero-order chi connectivity index (χ0) is 18.4. The van der Waals surface area contributed by atoms with Crippen molar-refractivity contribution in [3.63, 3.8) is 0 Å². The topological polar surface area (TPSA) is 109 Å². The summed E-state index contributed by atoms with van der Waals surface area (Å²) >= 11 is 0. The molecule has 0 bridgehead atoms. The number of hydrogen-bond acceptors (Lipinski definition) is 5. The van der Waals surface area contributed by atoms with E-state index in [4.69, 9.17) is 4.18 Å². The minimum atomic E-state index is -4.13. The van der Waals surface area contributed by atoms with Crippen LogP contribution in [0.15, 0.2) is 44.8 Å². The van der Waals surface area contributed by atoms with Crippen LogP contribution in [0.3, 0.4) is 0 Å². The van der Waals surface area contributed by atoms with Gasteiger partial charge in [0.15, 0.2) is 0 Å². The van der Waals surface area contributed by atoms with E-state index in [1.54, 1.807) is 13.8 Å². The fourth-order valence-electron chi connectivity index (χ4n) is 2.76. The van der Waals surface area contributed by atoms with Gasteiger partial charge in [0.05, 0.1) is 10.9 Å². The lowest BCUT2D eigenvalue weighted by Crippen LogP contribution is -2.22. The monoisotopic (exact) mass is 360 g/mol. The summed E-state index contributed by atoms with van der Waals surface area (Å²) in [5, 5.41) is 0.0571. The van der Waals surface area contributed by atoms with Gasteiger partial charge in [-0.05, 0) is 50.1 Å². The average molecular weight is 360 g/mol. The van der Waals surface area contributed by atoms with Crippen LogP contribution >= 0.6 is 0 Å². The van der Waals surface area contributed by atoms with Crippen molar-refractivity contribution in [1.29, 1.82) is 0 Å². The second-order valence-corrected chi connectivity index (χ2v) is 7.43. The molecule has 0 aliphatic carbocycles. The first-order valence-electron chi connectivity index (χ1n) is 7.46. The molecule has 0 saturated heterocycles. The number of hydrogen-bond donors (Lipinski definition) is 2. The summed E-state index contributed by atoms with van der Waals surface area (Å²) in [4.78, 5) is 27.5. The Morgan fingerprint density at radius 1 is 0.920 bits per heavy atom. The maximum atomic E-state index is 12.6. The molecular weight excluding hydrogens is 344 g/mol. The van der Waals surface area contributed by atoms with Crippen LogP contribution in [-0.4, -0.2) is 18.4 Å². The molecule has 0 aliphatic rings. The first kappa shape index (κ1) is 17.0. The van der Waals surface area contributed by atoms with E-state index in [0.29, 0.717) is 11.1 Å². The Bertz CT molecular complexity index is 1180. The summed E-state index contributed by atoms with van der Waals surface area (Å²) < 4.78 is 30.5. The molecule has 1 heterocycles. The van der Waals surface area contributed by atoms with Crippen molar-refractivity contribution in [2.75, 3.05) is 0 Å². The fraction of sp³-hybridized carbons (Fsp3) is 0.176. The highest BCUT2D eigenvalue weighted by Gasteiger charge is 2.20. The van der Waals surface area contributed by atoms with Crippen molar-refractivity contribution in [1.82, 2.24) is 9.97 Å². The van der Waals surface area contributed by atoms with Gasteiger partial charge in [0.1, 0.15) is 10.6 Å². The van der Waals surface area contributed by atoms with Crippen LogP contribution < -0.4 is 15.4 Å². The second kappa shape index (κ2) is 5.89. The summed E-state index contributed by atoms with van der Waals surface area (Å²) in [5.41, 5.74) is 1.32. The Hall–Kier alpha value is -2.87. The first-order valence-corrected chi connectivity index (χ1v) is 8.87. The zero-order valence-electron chi connectivity index (χ0n) is 13.8. The van der Waals surface area contributed by atoms with Crippen molar-refractivity contribution in [2.24, 2.45) is 0 Å². The summed E-state index contributed by atoms with van der Waals surface area (Å²) in [7, 11) is -4.13. The highest BCUT2D eigenvalue weighted by Crippen LogP contribution is 2.28. The molecule has 2 aromatic carbocycles. The van der Waals surface area contributed by atoms with E-state index in [0.717, 1.165) is 5.56 Å². The molecule has 0 atom stereocenters. The Morgan fingerprint density at radius 2 is 1.56 bits per heavy atom. The average Bonchev–Trinajstić information content (AvgIpc) is 2.50. The highest BCUT2D eigenvalue weighted by molar-refractivity contribution is 7.87. The van der Waals surface area contributed by atoms with Crippen LogP contribution in [0.2, 0.25) is 0 Å². The van der Waals surface area contributed by atoms with E-state index in [1.165, 1.54) is 18.2 Å². The SMILES string of the molecule is Cc1cc(C)c(OS(=O)(=O)c2ccc3[nH]c(=O)[nH]c(=O)c3c2)c(C)c1. The standard InChI is InChI=1S/C17H16N2O5S/c1-9-6-10(2)15(11(3)7-9)24-25(22,23)12-4-5-14-13(8-12)16(20)19-17(21)18-14/h4-8H,1-3H3,(H2,18,19,20,21). The van der Waals surface area contributed by atoms with E-state index in [2.05, 4.69) is 9.97 Å². The van der Waals surface area contributed by atoms with Gasteiger partial charge in [-0.25, -0.2) is 4.79 Å². The molecule has 0 saturated carbocycles. The largest absolute Gasteiger partial charge is 0.378 e. The Labute approximate surface area is 143 Å². The third-order valence-corrected chi connectivity index (χ3v) is 5.01. The molecule has 0 aliphatic heterocycles. The van der Waals surface area contributed by atoms with Gasteiger partial charge in [0.2, 0.25) is 0 Å². The van der Waals surface area contributed by atoms with Crippen molar-refractivity contribution in [2.45, 2.75) is 25.7 Å². The van der Waals surface area contributed by atoms with Gasteiger partial charge < -0.3 is 9.17 Å². The molecule has 0 spiro atoms. The number of aryl methyl sites for hydroxylation is 3. The number of fused-ring (bicyclic) bond motifs is 1. The maximum absolute atomic E-state index is 12.6. The van der Waals surface area contributed by atoms with E-state index >= 15 is 0 Å². The minimum Gasteiger partial charge on any atom is -0.378 e. The molecule has 0 unspecified atom stereocenters.